The summed E-state index contributed by atoms with van der Waals surface area (Å²) in [6.45, 7) is 5.58. The van der Waals surface area contributed by atoms with Gasteiger partial charge in [0.2, 0.25) is 21.8 Å². The molecule has 0 radical (unpaired) electrons. The molecule has 7 nitrogen and oxygen atoms in total. The molecule has 2 amide bonds. The zero-order valence-corrected chi connectivity index (χ0v) is 25.4. The van der Waals surface area contributed by atoms with E-state index in [9.17, 15) is 18.0 Å². The average molecular weight is 605 g/mol. The normalized spacial score (nSPS) is 12.2. The number of nitrogens with zero attached hydrogens (tertiary/aromatic N) is 2. The van der Waals surface area contributed by atoms with E-state index in [-0.39, 0.29) is 24.8 Å². The zero-order valence-electron chi connectivity index (χ0n) is 23.1. The van der Waals surface area contributed by atoms with Crippen LogP contribution in [0.1, 0.15) is 43.4 Å². The third-order valence-corrected chi connectivity index (χ3v) is 8.20. The topological polar surface area (TPSA) is 86.8 Å². The fourth-order valence-electron chi connectivity index (χ4n) is 4.48. The molecule has 10 heteroatoms. The molecule has 0 aliphatic rings. The van der Waals surface area contributed by atoms with Gasteiger partial charge in [0, 0.05) is 29.6 Å². The number of hydrogen-bond donors (Lipinski definition) is 1. The van der Waals surface area contributed by atoms with Gasteiger partial charge in [-0.3, -0.25) is 13.9 Å². The summed E-state index contributed by atoms with van der Waals surface area (Å²) >= 11 is 12.6. The summed E-state index contributed by atoms with van der Waals surface area (Å²) in [7, 11) is -3.86. The van der Waals surface area contributed by atoms with Crippen molar-refractivity contribution < 1.29 is 18.0 Å². The van der Waals surface area contributed by atoms with Crippen LogP contribution in [0.25, 0.3) is 0 Å². The van der Waals surface area contributed by atoms with Crippen molar-refractivity contribution in [1.82, 2.24) is 10.2 Å². The van der Waals surface area contributed by atoms with Crippen LogP contribution in [0.4, 0.5) is 5.69 Å². The second-order valence-corrected chi connectivity index (χ2v) is 12.6. The van der Waals surface area contributed by atoms with E-state index in [2.05, 4.69) is 5.32 Å². The van der Waals surface area contributed by atoms with Gasteiger partial charge in [-0.15, -0.1) is 0 Å². The van der Waals surface area contributed by atoms with Crippen LogP contribution in [0.3, 0.4) is 0 Å². The fraction of sp³-hybridized carbons (Fsp3) is 0.333. The van der Waals surface area contributed by atoms with Crippen LogP contribution in [0.5, 0.6) is 0 Å². The van der Waals surface area contributed by atoms with E-state index < -0.39 is 28.5 Å². The minimum absolute atomic E-state index is 0.0145. The van der Waals surface area contributed by atoms with Gasteiger partial charge in [0.1, 0.15) is 12.6 Å². The Kier molecular flexibility index (Phi) is 11.0. The Morgan fingerprint density at radius 3 is 2.20 bits per heavy atom. The molecule has 3 rings (SSSR count). The number of amides is 2. The van der Waals surface area contributed by atoms with Gasteiger partial charge in [-0.25, -0.2) is 8.42 Å². The van der Waals surface area contributed by atoms with Crippen molar-refractivity contribution in [2.75, 3.05) is 23.7 Å². The number of carbonyl (C=O) groups excluding carboxylic acids is 2. The first-order chi connectivity index (χ1) is 18.9. The highest BCUT2D eigenvalue weighted by molar-refractivity contribution is 7.92. The van der Waals surface area contributed by atoms with E-state index in [1.807, 2.05) is 56.3 Å². The lowest BCUT2D eigenvalue weighted by atomic mass is 10.0. The fourth-order valence-corrected chi connectivity index (χ4v) is 5.81. The monoisotopic (exact) mass is 603 g/mol. The van der Waals surface area contributed by atoms with Crippen molar-refractivity contribution in [1.29, 1.82) is 0 Å². The van der Waals surface area contributed by atoms with E-state index in [1.54, 1.807) is 37.3 Å². The Morgan fingerprint density at radius 1 is 0.950 bits per heavy atom. The molecule has 0 heterocycles. The Balaban J connectivity index is 2.10. The van der Waals surface area contributed by atoms with Crippen LogP contribution in [0, 0.1) is 0 Å². The molecule has 3 aromatic carbocycles. The van der Waals surface area contributed by atoms with Crippen molar-refractivity contribution in [3.05, 3.63) is 99.5 Å². The third-order valence-electron chi connectivity index (χ3n) is 6.48. The van der Waals surface area contributed by atoms with Crippen LogP contribution < -0.4 is 9.62 Å². The van der Waals surface area contributed by atoms with E-state index in [4.69, 9.17) is 23.2 Å². The molecule has 1 unspecified atom stereocenters. The standard InChI is InChI=1S/C30H35Cl2N3O4S/c1-5-33-30(37)28(17-22-11-7-6-8-12-22)34(19-23-15-16-24(31)18-26(23)32)29(36)20-35(40(4,38)39)27-14-10-9-13-25(27)21(2)3/h6-16,18,21,28H,5,17,19-20H2,1-4H3,(H,33,37). The number of rotatable bonds is 12. The van der Waals surface area contributed by atoms with Crippen molar-refractivity contribution in [3.8, 4) is 0 Å². The minimum atomic E-state index is -3.86. The zero-order chi connectivity index (χ0) is 29.4. The molecule has 0 bridgehead atoms. The van der Waals surface area contributed by atoms with Gasteiger partial charge in [-0.05, 0) is 47.7 Å². The van der Waals surface area contributed by atoms with Gasteiger partial charge >= 0.3 is 0 Å². The molecule has 1 N–H and O–H groups in total. The van der Waals surface area contributed by atoms with E-state index in [0.717, 1.165) is 21.7 Å². The molecule has 214 valence electrons. The van der Waals surface area contributed by atoms with Gasteiger partial charge in [-0.2, -0.15) is 0 Å². The molecule has 0 aliphatic heterocycles. The Hall–Kier alpha value is -3.07. The maximum absolute atomic E-state index is 14.1. The predicted molar refractivity (Wildman–Crippen MR) is 162 cm³/mol. The Labute approximate surface area is 247 Å². The van der Waals surface area contributed by atoms with Gasteiger partial charge in [0.25, 0.3) is 0 Å². The molecule has 0 saturated carbocycles. The molecule has 0 aromatic heterocycles. The molecule has 3 aromatic rings. The first-order valence-corrected chi connectivity index (χ1v) is 15.6. The summed E-state index contributed by atoms with van der Waals surface area (Å²) in [6.07, 6.45) is 1.30. The second kappa shape index (κ2) is 14.0. The van der Waals surface area contributed by atoms with Crippen molar-refractivity contribution in [2.24, 2.45) is 0 Å². The summed E-state index contributed by atoms with van der Waals surface area (Å²) in [5.74, 6) is -0.874. The van der Waals surface area contributed by atoms with Crippen LogP contribution in [-0.4, -0.2) is 50.5 Å². The SMILES string of the molecule is CCNC(=O)C(Cc1ccccc1)N(Cc1ccc(Cl)cc1Cl)C(=O)CN(c1ccccc1C(C)C)S(C)(=O)=O. The highest BCUT2D eigenvalue weighted by Crippen LogP contribution is 2.30. The number of hydrogen-bond acceptors (Lipinski definition) is 4. The van der Waals surface area contributed by atoms with Crippen molar-refractivity contribution in [2.45, 2.75) is 45.7 Å². The second-order valence-electron chi connectivity index (χ2n) is 9.84. The number of halogens is 2. The number of anilines is 1. The number of nitrogens with one attached hydrogen (secondary N) is 1. The lowest BCUT2D eigenvalue weighted by Crippen LogP contribution is -2.53. The highest BCUT2D eigenvalue weighted by Gasteiger charge is 2.33. The number of benzene rings is 3. The molecule has 0 spiro atoms. The summed E-state index contributed by atoms with van der Waals surface area (Å²) in [5.41, 5.74) is 2.65. The van der Waals surface area contributed by atoms with Gasteiger partial charge in [0.05, 0.1) is 11.9 Å². The number of sulfonamides is 1. The largest absolute Gasteiger partial charge is 0.355 e. The predicted octanol–water partition coefficient (Wildman–Crippen LogP) is 5.66. The number of likely N-dealkylation sites (N-methyl/N-ethyl adjacent to an activating group) is 1. The van der Waals surface area contributed by atoms with Crippen LogP contribution in [0.15, 0.2) is 72.8 Å². The van der Waals surface area contributed by atoms with Gasteiger partial charge in [0.15, 0.2) is 0 Å². The van der Waals surface area contributed by atoms with E-state index in [0.29, 0.717) is 27.8 Å². The first-order valence-electron chi connectivity index (χ1n) is 13.0. The number of para-hydroxylation sites is 1. The Bertz CT molecular complexity index is 1430. The molecular weight excluding hydrogens is 569 g/mol. The van der Waals surface area contributed by atoms with Crippen LogP contribution >= 0.6 is 23.2 Å². The molecule has 0 saturated heterocycles. The molecule has 40 heavy (non-hydrogen) atoms. The molecule has 0 aliphatic carbocycles. The van der Waals surface area contributed by atoms with Crippen LogP contribution in [0.2, 0.25) is 10.0 Å². The van der Waals surface area contributed by atoms with E-state index >= 15 is 0 Å². The van der Waals surface area contributed by atoms with Gasteiger partial charge < -0.3 is 10.2 Å². The molecule has 0 fully saturated rings. The quantitative estimate of drug-likeness (QED) is 0.289. The third kappa shape index (κ3) is 8.22. The first kappa shape index (κ1) is 31.5. The Morgan fingerprint density at radius 2 is 1.60 bits per heavy atom. The van der Waals surface area contributed by atoms with E-state index in [1.165, 1.54) is 4.90 Å². The summed E-state index contributed by atoms with van der Waals surface area (Å²) in [5, 5.41) is 3.60. The summed E-state index contributed by atoms with van der Waals surface area (Å²) in [4.78, 5) is 29.0. The van der Waals surface area contributed by atoms with Gasteiger partial charge in [-0.1, -0.05) is 91.6 Å². The lowest BCUT2D eigenvalue weighted by Gasteiger charge is -2.34. The highest BCUT2D eigenvalue weighted by atomic mass is 35.5. The summed E-state index contributed by atoms with van der Waals surface area (Å²) < 4.78 is 27.2. The maximum Gasteiger partial charge on any atom is 0.244 e. The molecule has 1 atom stereocenters. The van der Waals surface area contributed by atoms with Crippen molar-refractivity contribution >= 4 is 50.7 Å². The lowest BCUT2D eigenvalue weighted by molar-refractivity contribution is -0.140. The van der Waals surface area contributed by atoms with Crippen molar-refractivity contribution in [3.63, 3.8) is 0 Å². The maximum atomic E-state index is 14.1. The van der Waals surface area contributed by atoms with Crippen LogP contribution in [-0.2, 0) is 32.6 Å². The number of carbonyl (C=O) groups is 2. The average Bonchev–Trinajstić information content (AvgIpc) is 2.90. The summed E-state index contributed by atoms with van der Waals surface area (Å²) in [6, 6.07) is 20.5. The molecular formula is C30H35Cl2N3O4S. The minimum Gasteiger partial charge on any atom is -0.355 e. The smallest absolute Gasteiger partial charge is 0.244 e.